The van der Waals surface area contributed by atoms with E-state index in [4.69, 9.17) is 9.15 Å². The first kappa shape index (κ1) is 21.0. The van der Waals surface area contributed by atoms with E-state index in [1.54, 1.807) is 6.07 Å². The average Bonchev–Trinajstić information content (AvgIpc) is 2.87. The van der Waals surface area contributed by atoms with Crippen molar-refractivity contribution in [3.8, 4) is 0 Å². The fourth-order valence-electron chi connectivity index (χ4n) is 2.91. The average molecular weight is 445 g/mol. The molecule has 0 radical (unpaired) electrons. The summed E-state index contributed by atoms with van der Waals surface area (Å²) in [6.07, 6.45) is 0. The molecule has 134 valence electrons. The summed E-state index contributed by atoms with van der Waals surface area (Å²) in [6, 6.07) is 7.60. The Balaban J connectivity index is 0.00000288. The fourth-order valence-corrected chi connectivity index (χ4v) is 2.91. The number of benzene rings is 1. The second kappa shape index (κ2) is 7.87. The zero-order valence-electron chi connectivity index (χ0n) is 15.5. The van der Waals surface area contributed by atoms with Crippen molar-refractivity contribution in [2.24, 2.45) is 5.41 Å². The SMILES string of the molecule is CC[N+](C)(C)CC(C)(C)COC(=O)c1cc2cc(C)ccc2o1.[I-]. The van der Waals surface area contributed by atoms with Crippen LogP contribution >= 0.6 is 0 Å². The summed E-state index contributed by atoms with van der Waals surface area (Å²) < 4.78 is 12.0. The minimum atomic E-state index is -0.395. The van der Waals surface area contributed by atoms with Crippen LogP contribution in [0.2, 0.25) is 0 Å². The molecule has 0 saturated carbocycles. The van der Waals surface area contributed by atoms with Gasteiger partial charge in [-0.2, -0.15) is 0 Å². The van der Waals surface area contributed by atoms with Crippen molar-refractivity contribution in [1.82, 2.24) is 0 Å². The molecule has 5 heteroatoms. The van der Waals surface area contributed by atoms with Gasteiger partial charge in [-0.3, -0.25) is 0 Å². The van der Waals surface area contributed by atoms with Crippen LogP contribution in [0.4, 0.5) is 0 Å². The summed E-state index contributed by atoms with van der Waals surface area (Å²) in [4.78, 5) is 12.3. The number of nitrogens with zero attached hydrogens (tertiary/aromatic N) is 1. The van der Waals surface area contributed by atoms with E-state index in [2.05, 4.69) is 34.9 Å². The Labute approximate surface area is 161 Å². The van der Waals surface area contributed by atoms with Gasteiger partial charge in [-0.1, -0.05) is 25.5 Å². The number of carbonyl (C=O) groups excluding carboxylic acids is 1. The molecule has 0 spiro atoms. The van der Waals surface area contributed by atoms with Crippen LogP contribution in [0.1, 0.15) is 36.9 Å². The molecule has 0 bridgehead atoms. The summed E-state index contributed by atoms with van der Waals surface area (Å²) >= 11 is 0. The van der Waals surface area contributed by atoms with E-state index < -0.39 is 5.97 Å². The van der Waals surface area contributed by atoms with Gasteiger partial charge in [-0.05, 0) is 32.0 Å². The topological polar surface area (TPSA) is 39.4 Å². The van der Waals surface area contributed by atoms with Crippen molar-refractivity contribution < 1.29 is 42.4 Å². The van der Waals surface area contributed by atoms with Crippen molar-refractivity contribution in [3.05, 3.63) is 35.6 Å². The smallest absolute Gasteiger partial charge is 0.374 e. The van der Waals surface area contributed by atoms with Gasteiger partial charge in [0.05, 0.1) is 27.2 Å². The Hall–Kier alpha value is -1.08. The zero-order valence-corrected chi connectivity index (χ0v) is 17.6. The fraction of sp³-hybridized carbons (Fsp3) is 0.526. The lowest BCUT2D eigenvalue weighted by Gasteiger charge is -2.36. The maximum Gasteiger partial charge on any atom is 0.374 e. The quantitative estimate of drug-likeness (QED) is 0.379. The van der Waals surface area contributed by atoms with Gasteiger partial charge < -0.3 is 37.6 Å². The Morgan fingerprint density at radius 1 is 1.25 bits per heavy atom. The Kier molecular flexibility index (Phi) is 6.87. The molecule has 2 rings (SSSR count). The lowest BCUT2D eigenvalue weighted by Crippen LogP contribution is -3.00. The first-order valence-corrected chi connectivity index (χ1v) is 8.11. The summed E-state index contributed by atoms with van der Waals surface area (Å²) in [6.45, 7) is 10.8. The Morgan fingerprint density at radius 2 is 1.92 bits per heavy atom. The number of halogens is 1. The normalized spacial score (nSPS) is 12.1. The van der Waals surface area contributed by atoms with Crippen LogP contribution in [0.3, 0.4) is 0 Å². The first-order valence-electron chi connectivity index (χ1n) is 8.11. The molecule has 0 saturated heterocycles. The van der Waals surface area contributed by atoms with Gasteiger partial charge in [0.15, 0.2) is 0 Å². The minimum Gasteiger partial charge on any atom is -1.00 e. The van der Waals surface area contributed by atoms with E-state index in [-0.39, 0.29) is 35.2 Å². The molecular weight excluding hydrogens is 417 g/mol. The van der Waals surface area contributed by atoms with Gasteiger partial charge in [0.2, 0.25) is 5.76 Å². The highest BCUT2D eigenvalue weighted by Gasteiger charge is 2.29. The van der Waals surface area contributed by atoms with Crippen LogP contribution < -0.4 is 24.0 Å². The molecule has 0 aliphatic carbocycles. The number of carbonyl (C=O) groups is 1. The van der Waals surface area contributed by atoms with E-state index in [1.165, 1.54) is 0 Å². The third-order valence-corrected chi connectivity index (χ3v) is 4.18. The van der Waals surface area contributed by atoms with Gasteiger partial charge in [0.25, 0.3) is 0 Å². The molecule has 0 fully saturated rings. The molecule has 1 heterocycles. The maximum absolute atomic E-state index is 12.3. The minimum absolute atomic E-state index is 0. The molecule has 0 aliphatic heterocycles. The highest BCUT2D eigenvalue weighted by molar-refractivity contribution is 5.92. The number of ether oxygens (including phenoxy) is 1. The van der Waals surface area contributed by atoms with Crippen molar-refractivity contribution >= 4 is 16.9 Å². The lowest BCUT2D eigenvalue weighted by atomic mass is 9.93. The van der Waals surface area contributed by atoms with E-state index in [1.807, 2.05) is 25.1 Å². The van der Waals surface area contributed by atoms with Gasteiger partial charge in [0, 0.05) is 10.8 Å². The molecule has 0 N–H and O–H groups in total. The second-order valence-electron chi connectivity index (χ2n) is 7.80. The molecule has 2 aromatic rings. The summed E-state index contributed by atoms with van der Waals surface area (Å²) in [5.41, 5.74) is 1.77. The molecule has 24 heavy (non-hydrogen) atoms. The molecule has 0 amide bonds. The van der Waals surface area contributed by atoms with Crippen molar-refractivity contribution in [3.63, 3.8) is 0 Å². The van der Waals surface area contributed by atoms with Crippen LogP contribution in [0.5, 0.6) is 0 Å². The number of furan rings is 1. The molecule has 0 aliphatic rings. The van der Waals surface area contributed by atoms with Crippen LogP contribution in [0.25, 0.3) is 11.0 Å². The van der Waals surface area contributed by atoms with Crippen LogP contribution in [-0.2, 0) is 4.74 Å². The zero-order chi connectivity index (χ0) is 17.3. The third-order valence-electron chi connectivity index (χ3n) is 4.18. The van der Waals surface area contributed by atoms with Gasteiger partial charge in [-0.15, -0.1) is 0 Å². The number of esters is 1. The maximum atomic E-state index is 12.3. The van der Waals surface area contributed by atoms with Crippen LogP contribution in [0.15, 0.2) is 28.7 Å². The van der Waals surface area contributed by atoms with Gasteiger partial charge in [0.1, 0.15) is 12.2 Å². The molecule has 1 aromatic heterocycles. The lowest BCUT2D eigenvalue weighted by molar-refractivity contribution is -0.894. The van der Waals surface area contributed by atoms with E-state index in [0.29, 0.717) is 12.2 Å². The van der Waals surface area contributed by atoms with E-state index in [9.17, 15) is 4.79 Å². The number of hydrogen-bond acceptors (Lipinski definition) is 3. The molecule has 1 aromatic carbocycles. The summed E-state index contributed by atoms with van der Waals surface area (Å²) in [5, 5.41) is 0.931. The summed E-state index contributed by atoms with van der Waals surface area (Å²) in [7, 11) is 4.37. The van der Waals surface area contributed by atoms with Gasteiger partial charge in [-0.25, -0.2) is 4.79 Å². The molecular formula is C19H28INO3. The number of aryl methyl sites for hydroxylation is 1. The molecule has 0 unspecified atom stereocenters. The standard InChI is InChI=1S/C19H28NO3.HI/c1-7-20(5,6)12-19(3,4)13-22-18(21)17-11-15-10-14(2)8-9-16(15)23-17;/h8-11H,7,12-13H2,1-6H3;1H/q+1;/p-1. The molecule has 0 atom stereocenters. The number of fused-ring (bicyclic) bond motifs is 1. The highest BCUT2D eigenvalue weighted by Crippen LogP contribution is 2.23. The Morgan fingerprint density at radius 3 is 2.54 bits per heavy atom. The highest BCUT2D eigenvalue weighted by atomic mass is 127. The van der Waals surface area contributed by atoms with E-state index in [0.717, 1.165) is 28.5 Å². The van der Waals surface area contributed by atoms with Crippen molar-refractivity contribution in [2.75, 3.05) is 33.8 Å². The van der Waals surface area contributed by atoms with Crippen molar-refractivity contribution in [1.29, 1.82) is 0 Å². The predicted molar refractivity (Wildman–Crippen MR) is 92.5 cm³/mol. The van der Waals surface area contributed by atoms with Crippen molar-refractivity contribution in [2.45, 2.75) is 27.7 Å². The Bertz CT molecular complexity index is 704. The number of quaternary nitrogens is 1. The van der Waals surface area contributed by atoms with E-state index >= 15 is 0 Å². The predicted octanol–water partition coefficient (Wildman–Crippen LogP) is 1.02. The third kappa shape index (κ3) is 5.48. The second-order valence-corrected chi connectivity index (χ2v) is 7.80. The van der Waals surface area contributed by atoms with Gasteiger partial charge >= 0.3 is 5.97 Å². The van der Waals surface area contributed by atoms with Crippen LogP contribution in [-0.4, -0.2) is 44.2 Å². The van der Waals surface area contributed by atoms with Crippen LogP contribution in [0, 0.1) is 12.3 Å². The first-order chi connectivity index (χ1) is 10.6. The number of rotatable bonds is 6. The molecule has 4 nitrogen and oxygen atoms in total. The monoisotopic (exact) mass is 445 g/mol. The largest absolute Gasteiger partial charge is 1.00 e. The number of hydrogen-bond donors (Lipinski definition) is 0. The summed E-state index contributed by atoms with van der Waals surface area (Å²) in [5.74, 6) is -0.126.